The van der Waals surface area contributed by atoms with Gasteiger partial charge in [0.1, 0.15) is 0 Å². The molecule has 0 aromatic heterocycles. The molecule has 0 saturated heterocycles. The maximum atomic E-state index is 6.62. The Balaban J connectivity index is 3.07. The fraction of sp³-hybridized carbons (Fsp3) is 1.00. The van der Waals surface area contributed by atoms with Crippen molar-refractivity contribution in [3.8, 4) is 0 Å². The Kier molecular flexibility index (Phi) is 21.8. The predicted octanol–water partition coefficient (Wildman–Crippen LogP) is 12.0. The molecule has 0 nitrogen and oxygen atoms in total. The molecular weight excluding hydrogens is 415 g/mol. The summed E-state index contributed by atoms with van der Waals surface area (Å²) >= 11 is 6.62. The van der Waals surface area contributed by atoms with Gasteiger partial charge in [0.15, 0.2) is 0 Å². The normalized spacial score (nSPS) is 13.4. The van der Waals surface area contributed by atoms with Crippen LogP contribution in [0.25, 0.3) is 0 Å². The van der Waals surface area contributed by atoms with Crippen LogP contribution in [0.2, 0.25) is 0 Å². The molecule has 0 aliphatic rings. The average Bonchev–Trinajstić information content (AvgIpc) is 2.70. The molecule has 0 heterocycles. The van der Waals surface area contributed by atoms with Gasteiger partial charge in [0.25, 0.3) is 0 Å². The number of unbranched alkanes of at least 4 members (excludes halogenated alkanes) is 23. The van der Waals surface area contributed by atoms with Crippen LogP contribution in [0.3, 0.4) is 0 Å². The molecule has 0 spiro atoms. The van der Waals surface area contributed by atoms with E-state index in [1.54, 1.807) is 0 Å². The van der Waals surface area contributed by atoms with E-state index in [1.807, 2.05) is 0 Å². The molecule has 190 valence electrons. The summed E-state index contributed by atoms with van der Waals surface area (Å²) in [5.74, 6) is -1.76. The Labute approximate surface area is 204 Å². The van der Waals surface area contributed by atoms with Gasteiger partial charge in [-0.15, -0.1) is 0 Å². The fourth-order valence-corrected chi connectivity index (χ4v) is 6.26. The number of hydrogen-bond acceptors (Lipinski definition) is 0. The van der Waals surface area contributed by atoms with E-state index in [0.717, 1.165) is 0 Å². The van der Waals surface area contributed by atoms with Gasteiger partial charge in [0, 0.05) is 0 Å². The summed E-state index contributed by atoms with van der Waals surface area (Å²) in [4.78, 5) is 0. The molecular formula is C29H62ClP. The van der Waals surface area contributed by atoms with Crippen LogP contribution >= 0.6 is 17.2 Å². The Bertz CT molecular complexity index is 348. The minimum absolute atomic E-state index is 1.26. The summed E-state index contributed by atoms with van der Waals surface area (Å²) in [5, 5.41) is 0. The van der Waals surface area contributed by atoms with Crippen molar-refractivity contribution in [2.24, 2.45) is 0 Å². The van der Waals surface area contributed by atoms with E-state index in [0.29, 0.717) is 0 Å². The summed E-state index contributed by atoms with van der Waals surface area (Å²) in [6.07, 6.45) is 36.2. The SMILES string of the molecule is CCCCCCCCCCCCCCCCCCCCCCCCCCP(C)(C)(C)Cl. The Hall–Kier alpha value is 0.720. The molecule has 31 heavy (non-hydrogen) atoms. The summed E-state index contributed by atoms with van der Waals surface area (Å²) in [7, 11) is 0. The second kappa shape index (κ2) is 21.3. The average molecular weight is 477 g/mol. The van der Waals surface area contributed by atoms with Crippen LogP contribution in [-0.2, 0) is 0 Å². The third-order valence-corrected chi connectivity index (χ3v) is 9.10. The number of hydrogen-bond donors (Lipinski definition) is 0. The van der Waals surface area contributed by atoms with Gasteiger partial charge in [-0.3, -0.25) is 0 Å². The maximum absolute atomic E-state index is 6.62. The topological polar surface area (TPSA) is 0 Å². The van der Waals surface area contributed by atoms with Gasteiger partial charge >= 0.3 is 114 Å². The zero-order valence-electron chi connectivity index (χ0n) is 22.5. The molecule has 0 N–H and O–H groups in total. The van der Waals surface area contributed by atoms with Crippen molar-refractivity contribution in [2.75, 3.05) is 26.2 Å². The Morgan fingerprint density at radius 1 is 0.355 bits per heavy atom. The van der Waals surface area contributed by atoms with Gasteiger partial charge in [0.2, 0.25) is 0 Å². The van der Waals surface area contributed by atoms with Crippen LogP contribution in [0.5, 0.6) is 0 Å². The molecule has 0 amide bonds. The zero-order chi connectivity index (χ0) is 23.1. The van der Waals surface area contributed by atoms with Crippen molar-refractivity contribution in [3.63, 3.8) is 0 Å². The van der Waals surface area contributed by atoms with Crippen LogP contribution in [0.15, 0.2) is 0 Å². The van der Waals surface area contributed by atoms with Crippen LogP contribution in [0.1, 0.15) is 161 Å². The molecule has 0 rings (SSSR count). The summed E-state index contributed by atoms with van der Waals surface area (Å²) in [6, 6.07) is 0. The molecule has 0 fully saturated rings. The third-order valence-electron chi connectivity index (χ3n) is 6.77. The Morgan fingerprint density at radius 3 is 0.742 bits per heavy atom. The summed E-state index contributed by atoms with van der Waals surface area (Å²) < 4.78 is 0. The number of rotatable bonds is 25. The van der Waals surface area contributed by atoms with E-state index in [9.17, 15) is 0 Å². The molecule has 0 unspecified atom stereocenters. The standard InChI is InChI=1S/C29H62ClP/c1-5-6-7-8-9-10-11-12-13-14-15-16-17-18-19-20-21-22-23-24-25-26-27-28-29-31(2,3,4)30/h5-29H2,1-4H3. The van der Waals surface area contributed by atoms with E-state index >= 15 is 0 Å². The van der Waals surface area contributed by atoms with E-state index in [2.05, 4.69) is 26.9 Å². The van der Waals surface area contributed by atoms with Gasteiger partial charge < -0.3 is 0 Å². The van der Waals surface area contributed by atoms with Gasteiger partial charge in [0.05, 0.1) is 0 Å². The molecule has 0 aliphatic heterocycles. The molecule has 0 atom stereocenters. The minimum atomic E-state index is -1.76. The van der Waals surface area contributed by atoms with Gasteiger partial charge in [-0.1, -0.05) is 90.4 Å². The van der Waals surface area contributed by atoms with Crippen molar-refractivity contribution in [1.82, 2.24) is 0 Å². The van der Waals surface area contributed by atoms with Crippen LogP contribution < -0.4 is 0 Å². The molecule has 0 aromatic rings. The first-order valence-corrected chi connectivity index (χ1v) is 19.2. The van der Waals surface area contributed by atoms with Gasteiger partial charge in [-0.05, 0) is 0 Å². The van der Waals surface area contributed by atoms with Crippen molar-refractivity contribution >= 4 is 17.2 Å². The van der Waals surface area contributed by atoms with Crippen molar-refractivity contribution in [1.29, 1.82) is 0 Å². The van der Waals surface area contributed by atoms with Crippen molar-refractivity contribution < 1.29 is 0 Å². The molecule has 0 aromatic carbocycles. The number of halogens is 1. The third kappa shape index (κ3) is 30.7. The molecule has 0 bridgehead atoms. The molecule has 0 radical (unpaired) electrons. The Morgan fingerprint density at radius 2 is 0.548 bits per heavy atom. The van der Waals surface area contributed by atoms with Crippen molar-refractivity contribution in [3.05, 3.63) is 0 Å². The summed E-state index contributed by atoms with van der Waals surface area (Å²) in [6.45, 7) is 9.15. The molecule has 0 saturated carbocycles. The predicted molar refractivity (Wildman–Crippen MR) is 152 cm³/mol. The summed E-state index contributed by atoms with van der Waals surface area (Å²) in [5.41, 5.74) is 0. The van der Waals surface area contributed by atoms with Crippen LogP contribution in [0, 0.1) is 0 Å². The van der Waals surface area contributed by atoms with E-state index in [4.69, 9.17) is 11.2 Å². The van der Waals surface area contributed by atoms with Crippen molar-refractivity contribution in [2.45, 2.75) is 161 Å². The van der Waals surface area contributed by atoms with Crippen LogP contribution in [-0.4, -0.2) is 26.2 Å². The first-order chi connectivity index (χ1) is 14.8. The van der Waals surface area contributed by atoms with E-state index in [1.165, 1.54) is 160 Å². The zero-order valence-corrected chi connectivity index (χ0v) is 24.2. The van der Waals surface area contributed by atoms with E-state index < -0.39 is 5.96 Å². The first kappa shape index (κ1) is 31.7. The fourth-order valence-electron chi connectivity index (χ4n) is 4.61. The van der Waals surface area contributed by atoms with Gasteiger partial charge in [-0.25, -0.2) is 0 Å². The second-order valence-electron chi connectivity index (χ2n) is 11.8. The molecule has 2 heteroatoms. The second-order valence-corrected chi connectivity index (χ2v) is 21.8. The molecule has 0 aliphatic carbocycles. The quantitative estimate of drug-likeness (QED) is 0.0906. The first-order valence-electron chi connectivity index (χ1n) is 14.5. The monoisotopic (exact) mass is 476 g/mol. The van der Waals surface area contributed by atoms with E-state index in [-0.39, 0.29) is 0 Å². The van der Waals surface area contributed by atoms with Gasteiger partial charge in [-0.2, -0.15) is 0 Å². The van der Waals surface area contributed by atoms with Crippen LogP contribution in [0.4, 0.5) is 0 Å².